The summed E-state index contributed by atoms with van der Waals surface area (Å²) in [5.41, 5.74) is 2.34. The average Bonchev–Trinajstić information content (AvgIpc) is 3.13. The highest BCUT2D eigenvalue weighted by Crippen LogP contribution is 2.43. The van der Waals surface area contributed by atoms with Gasteiger partial charge in [-0.3, -0.25) is 0 Å². The van der Waals surface area contributed by atoms with Gasteiger partial charge in [-0.05, 0) is 41.4 Å². The Morgan fingerprint density at radius 2 is 2.00 bits per heavy atom. The molecule has 1 atom stereocenters. The summed E-state index contributed by atoms with van der Waals surface area (Å²) in [6.07, 6.45) is 3.46. The van der Waals surface area contributed by atoms with E-state index >= 15 is 0 Å². The van der Waals surface area contributed by atoms with Gasteiger partial charge in [-0.2, -0.15) is 0 Å². The molecule has 0 radical (unpaired) electrons. The van der Waals surface area contributed by atoms with Crippen LogP contribution in [0.5, 0.6) is 5.75 Å². The van der Waals surface area contributed by atoms with E-state index < -0.39 is 0 Å². The molecular formula is C16H22O2. The minimum absolute atomic E-state index is 0.0261. The van der Waals surface area contributed by atoms with Crippen LogP contribution in [0, 0.1) is 5.92 Å². The maximum atomic E-state index is 11.3. The Hall–Kier alpha value is -1.31. The van der Waals surface area contributed by atoms with Crippen molar-refractivity contribution in [2.24, 2.45) is 5.92 Å². The van der Waals surface area contributed by atoms with E-state index in [0.717, 1.165) is 17.6 Å². The van der Waals surface area contributed by atoms with Crippen LogP contribution >= 0.6 is 0 Å². The van der Waals surface area contributed by atoms with Crippen LogP contribution in [0.2, 0.25) is 0 Å². The van der Waals surface area contributed by atoms with Crippen molar-refractivity contribution in [1.82, 2.24) is 0 Å². The SMILES string of the molecule is COc1ccc(C(C=O)C2CC2)cc1C(C)(C)C. The van der Waals surface area contributed by atoms with Crippen molar-refractivity contribution in [3.63, 3.8) is 0 Å². The molecule has 1 aliphatic rings. The van der Waals surface area contributed by atoms with Gasteiger partial charge in [0.25, 0.3) is 0 Å². The summed E-state index contributed by atoms with van der Waals surface area (Å²) < 4.78 is 5.43. The molecule has 0 bridgehead atoms. The second-order valence-electron chi connectivity index (χ2n) is 6.21. The normalized spacial score (nSPS) is 17.3. The molecule has 18 heavy (non-hydrogen) atoms. The summed E-state index contributed by atoms with van der Waals surface area (Å²) in [6, 6.07) is 6.18. The molecule has 0 N–H and O–H groups in total. The Balaban J connectivity index is 2.41. The first-order valence-electron chi connectivity index (χ1n) is 6.61. The highest BCUT2D eigenvalue weighted by Gasteiger charge is 2.33. The molecule has 2 rings (SSSR count). The first kappa shape index (κ1) is 13.1. The zero-order valence-corrected chi connectivity index (χ0v) is 11.7. The third-order valence-corrected chi connectivity index (χ3v) is 3.69. The molecule has 1 aromatic carbocycles. The Morgan fingerprint density at radius 3 is 2.44 bits per heavy atom. The van der Waals surface area contributed by atoms with Gasteiger partial charge in [-0.1, -0.05) is 32.9 Å². The lowest BCUT2D eigenvalue weighted by atomic mass is 9.83. The average molecular weight is 246 g/mol. The number of aldehydes is 1. The Morgan fingerprint density at radius 1 is 1.33 bits per heavy atom. The van der Waals surface area contributed by atoms with Crippen molar-refractivity contribution in [2.75, 3.05) is 7.11 Å². The van der Waals surface area contributed by atoms with Crippen molar-refractivity contribution >= 4 is 6.29 Å². The fraction of sp³-hybridized carbons (Fsp3) is 0.562. The van der Waals surface area contributed by atoms with E-state index in [1.165, 1.54) is 18.4 Å². The molecule has 0 heterocycles. The summed E-state index contributed by atoms with van der Waals surface area (Å²) in [5.74, 6) is 1.53. The molecule has 0 saturated heterocycles. The largest absolute Gasteiger partial charge is 0.496 e. The highest BCUT2D eigenvalue weighted by molar-refractivity contribution is 5.64. The second-order valence-corrected chi connectivity index (χ2v) is 6.21. The van der Waals surface area contributed by atoms with Gasteiger partial charge in [0.2, 0.25) is 0 Å². The van der Waals surface area contributed by atoms with E-state index in [2.05, 4.69) is 26.8 Å². The van der Waals surface area contributed by atoms with Crippen molar-refractivity contribution < 1.29 is 9.53 Å². The molecule has 0 aromatic heterocycles. The second kappa shape index (κ2) is 4.75. The van der Waals surface area contributed by atoms with Gasteiger partial charge in [0.15, 0.2) is 0 Å². The lowest BCUT2D eigenvalue weighted by Gasteiger charge is -2.24. The van der Waals surface area contributed by atoms with E-state index in [4.69, 9.17) is 4.74 Å². The molecule has 1 aliphatic carbocycles. The zero-order valence-electron chi connectivity index (χ0n) is 11.7. The topological polar surface area (TPSA) is 26.3 Å². The molecule has 2 nitrogen and oxygen atoms in total. The van der Waals surface area contributed by atoms with Crippen LogP contribution in [0.25, 0.3) is 0 Å². The number of hydrogen-bond acceptors (Lipinski definition) is 2. The third kappa shape index (κ3) is 2.58. The van der Waals surface area contributed by atoms with Crippen molar-refractivity contribution in [3.8, 4) is 5.75 Å². The minimum atomic E-state index is 0.0261. The summed E-state index contributed by atoms with van der Waals surface area (Å²) in [7, 11) is 1.70. The van der Waals surface area contributed by atoms with Gasteiger partial charge in [0.1, 0.15) is 12.0 Å². The molecule has 1 unspecified atom stereocenters. The standard InChI is InChI=1S/C16H22O2/c1-16(2,3)14-9-12(7-8-15(14)18-4)13(10-17)11-5-6-11/h7-11,13H,5-6H2,1-4H3. The molecule has 1 fully saturated rings. The molecule has 0 amide bonds. The number of benzene rings is 1. The van der Waals surface area contributed by atoms with Crippen LogP contribution in [-0.4, -0.2) is 13.4 Å². The lowest BCUT2D eigenvalue weighted by Crippen LogP contribution is -2.14. The summed E-state index contributed by atoms with van der Waals surface area (Å²) >= 11 is 0. The highest BCUT2D eigenvalue weighted by atomic mass is 16.5. The van der Waals surface area contributed by atoms with Gasteiger partial charge in [-0.15, -0.1) is 0 Å². The molecule has 1 saturated carbocycles. The predicted octanol–water partition coefficient (Wildman–Crippen LogP) is 3.69. The van der Waals surface area contributed by atoms with Crippen molar-refractivity contribution in [2.45, 2.75) is 44.9 Å². The fourth-order valence-corrected chi connectivity index (χ4v) is 2.44. The Bertz CT molecular complexity index is 439. The van der Waals surface area contributed by atoms with Crippen LogP contribution in [0.1, 0.15) is 50.7 Å². The lowest BCUT2D eigenvalue weighted by molar-refractivity contribution is -0.109. The Kier molecular flexibility index (Phi) is 3.47. The van der Waals surface area contributed by atoms with Crippen molar-refractivity contribution in [3.05, 3.63) is 29.3 Å². The molecule has 2 heteroatoms. The first-order valence-corrected chi connectivity index (χ1v) is 6.61. The van der Waals surface area contributed by atoms with Gasteiger partial charge in [0.05, 0.1) is 7.11 Å². The maximum absolute atomic E-state index is 11.3. The summed E-state index contributed by atoms with van der Waals surface area (Å²) in [5, 5.41) is 0. The molecule has 0 spiro atoms. The van der Waals surface area contributed by atoms with E-state index in [-0.39, 0.29) is 11.3 Å². The number of rotatable bonds is 4. The number of methoxy groups -OCH3 is 1. The zero-order chi connectivity index (χ0) is 13.3. The van der Waals surface area contributed by atoms with Crippen LogP contribution in [0.3, 0.4) is 0 Å². The van der Waals surface area contributed by atoms with Crippen molar-refractivity contribution in [1.29, 1.82) is 0 Å². The summed E-state index contributed by atoms with van der Waals surface area (Å²) in [4.78, 5) is 11.3. The molecular weight excluding hydrogens is 224 g/mol. The van der Waals surface area contributed by atoms with E-state index in [9.17, 15) is 4.79 Å². The predicted molar refractivity (Wildman–Crippen MR) is 73.2 cm³/mol. The van der Waals surface area contributed by atoms with Crippen LogP contribution in [0.15, 0.2) is 18.2 Å². The number of carbonyl (C=O) groups is 1. The van der Waals surface area contributed by atoms with Gasteiger partial charge >= 0.3 is 0 Å². The quantitative estimate of drug-likeness (QED) is 0.757. The third-order valence-electron chi connectivity index (χ3n) is 3.69. The molecule has 1 aromatic rings. The van der Waals surface area contributed by atoms with E-state index in [0.29, 0.717) is 5.92 Å². The van der Waals surface area contributed by atoms with Gasteiger partial charge in [-0.25, -0.2) is 0 Å². The fourth-order valence-electron chi connectivity index (χ4n) is 2.44. The Labute approximate surface area is 109 Å². The maximum Gasteiger partial charge on any atom is 0.127 e. The van der Waals surface area contributed by atoms with Crippen LogP contribution in [-0.2, 0) is 10.2 Å². The van der Waals surface area contributed by atoms with E-state index in [1.54, 1.807) is 7.11 Å². The molecule has 0 aliphatic heterocycles. The summed E-state index contributed by atoms with van der Waals surface area (Å²) in [6.45, 7) is 6.50. The smallest absolute Gasteiger partial charge is 0.127 e. The van der Waals surface area contributed by atoms with Crippen LogP contribution in [0.4, 0.5) is 0 Å². The minimum Gasteiger partial charge on any atom is -0.496 e. The number of carbonyl (C=O) groups excluding carboxylic acids is 1. The van der Waals surface area contributed by atoms with Crippen LogP contribution < -0.4 is 4.74 Å². The van der Waals surface area contributed by atoms with Gasteiger partial charge < -0.3 is 9.53 Å². The van der Waals surface area contributed by atoms with Gasteiger partial charge in [0, 0.05) is 5.92 Å². The number of ether oxygens (including phenoxy) is 1. The van der Waals surface area contributed by atoms with E-state index in [1.807, 2.05) is 12.1 Å². The first-order chi connectivity index (χ1) is 8.47. The number of hydrogen-bond donors (Lipinski definition) is 0. The monoisotopic (exact) mass is 246 g/mol. The molecule has 98 valence electrons.